The monoisotopic (exact) mass is 277 g/mol. The number of aliphatic hydroxyl groups excluding tert-OH is 1. The number of aliphatic hydroxyl groups is 1. The van der Waals surface area contributed by atoms with E-state index < -0.39 is 5.97 Å². The SMILES string of the molecule is COC(=O)C1=C(O)C(=Cc2ccccc2Cl)N=C1C. The molecule has 0 unspecified atom stereocenters. The molecule has 0 atom stereocenters. The van der Waals surface area contributed by atoms with Crippen LogP contribution in [0.5, 0.6) is 0 Å². The van der Waals surface area contributed by atoms with Gasteiger partial charge in [0.15, 0.2) is 5.76 Å². The molecule has 0 saturated heterocycles. The first-order chi connectivity index (χ1) is 9.04. The molecule has 0 radical (unpaired) electrons. The highest BCUT2D eigenvalue weighted by Crippen LogP contribution is 2.28. The Morgan fingerprint density at radius 2 is 2.11 bits per heavy atom. The zero-order valence-corrected chi connectivity index (χ0v) is 11.2. The fourth-order valence-electron chi connectivity index (χ4n) is 1.78. The second-order valence-corrected chi connectivity index (χ2v) is 4.37. The highest BCUT2D eigenvalue weighted by atomic mass is 35.5. The Bertz CT molecular complexity index is 629. The molecule has 0 fully saturated rings. The molecule has 1 heterocycles. The number of aliphatic imine (C=N–C) groups is 1. The fourth-order valence-corrected chi connectivity index (χ4v) is 1.97. The van der Waals surface area contributed by atoms with Gasteiger partial charge < -0.3 is 9.84 Å². The average Bonchev–Trinajstić information content (AvgIpc) is 2.66. The van der Waals surface area contributed by atoms with E-state index in [1.54, 1.807) is 25.1 Å². The van der Waals surface area contributed by atoms with Crippen LogP contribution in [-0.2, 0) is 9.53 Å². The number of carbonyl (C=O) groups excluding carboxylic acids is 1. The normalized spacial score (nSPS) is 16.8. The van der Waals surface area contributed by atoms with Gasteiger partial charge in [0.1, 0.15) is 11.3 Å². The third-order valence-electron chi connectivity index (χ3n) is 2.72. The molecule has 5 heteroatoms. The van der Waals surface area contributed by atoms with E-state index in [2.05, 4.69) is 9.73 Å². The number of rotatable bonds is 2. The first-order valence-corrected chi connectivity index (χ1v) is 5.96. The number of hydrogen-bond acceptors (Lipinski definition) is 4. The maximum absolute atomic E-state index is 11.5. The summed E-state index contributed by atoms with van der Waals surface area (Å²) in [7, 11) is 1.26. The predicted molar refractivity (Wildman–Crippen MR) is 74.2 cm³/mol. The number of methoxy groups -OCH3 is 1. The molecule has 0 spiro atoms. The van der Waals surface area contributed by atoms with Crippen molar-refractivity contribution in [2.45, 2.75) is 6.92 Å². The lowest BCUT2D eigenvalue weighted by atomic mass is 10.1. The minimum Gasteiger partial charge on any atom is -0.505 e. The van der Waals surface area contributed by atoms with Crippen molar-refractivity contribution in [1.82, 2.24) is 0 Å². The van der Waals surface area contributed by atoms with Crippen molar-refractivity contribution < 1.29 is 14.6 Å². The van der Waals surface area contributed by atoms with Gasteiger partial charge in [-0.15, -0.1) is 0 Å². The van der Waals surface area contributed by atoms with E-state index in [0.29, 0.717) is 22.0 Å². The summed E-state index contributed by atoms with van der Waals surface area (Å²) in [6, 6.07) is 7.17. The van der Waals surface area contributed by atoms with Gasteiger partial charge >= 0.3 is 5.97 Å². The molecule has 1 aliphatic heterocycles. The quantitative estimate of drug-likeness (QED) is 0.845. The maximum atomic E-state index is 11.5. The highest BCUT2D eigenvalue weighted by Gasteiger charge is 2.27. The van der Waals surface area contributed by atoms with Gasteiger partial charge in [-0.3, -0.25) is 0 Å². The van der Waals surface area contributed by atoms with E-state index in [-0.39, 0.29) is 11.3 Å². The molecule has 19 heavy (non-hydrogen) atoms. The molecule has 2 rings (SSSR count). The summed E-state index contributed by atoms with van der Waals surface area (Å²) in [5, 5.41) is 10.6. The molecule has 1 aromatic carbocycles. The van der Waals surface area contributed by atoms with Crippen LogP contribution in [0.2, 0.25) is 5.02 Å². The van der Waals surface area contributed by atoms with Crippen molar-refractivity contribution in [2.75, 3.05) is 7.11 Å². The summed E-state index contributed by atoms with van der Waals surface area (Å²) in [5.74, 6) is -0.800. The third-order valence-corrected chi connectivity index (χ3v) is 3.06. The standard InChI is InChI=1S/C14H12ClNO3/c1-8-12(14(18)19-2)13(17)11(16-8)7-9-5-3-4-6-10(9)15/h3-7,17H,1-2H3. The predicted octanol–water partition coefficient (Wildman–Crippen LogP) is 3.14. The number of carbonyl (C=O) groups is 1. The van der Waals surface area contributed by atoms with Gasteiger partial charge in [-0.05, 0) is 24.6 Å². The number of hydrogen-bond donors (Lipinski definition) is 1. The Morgan fingerprint density at radius 1 is 1.42 bits per heavy atom. The number of esters is 1. The zero-order valence-electron chi connectivity index (χ0n) is 10.5. The van der Waals surface area contributed by atoms with Gasteiger partial charge in [0.2, 0.25) is 0 Å². The molecule has 1 aliphatic rings. The molecule has 1 N–H and O–H groups in total. The topological polar surface area (TPSA) is 58.9 Å². The van der Waals surface area contributed by atoms with Gasteiger partial charge in [0.25, 0.3) is 0 Å². The Morgan fingerprint density at radius 3 is 2.74 bits per heavy atom. The van der Waals surface area contributed by atoms with Gasteiger partial charge in [-0.1, -0.05) is 29.8 Å². The number of halogens is 1. The van der Waals surface area contributed by atoms with E-state index >= 15 is 0 Å². The van der Waals surface area contributed by atoms with Gasteiger partial charge in [-0.2, -0.15) is 0 Å². The minimum atomic E-state index is -0.610. The summed E-state index contributed by atoms with van der Waals surface area (Å²) in [4.78, 5) is 15.7. The summed E-state index contributed by atoms with van der Waals surface area (Å²) in [6.45, 7) is 1.63. The van der Waals surface area contributed by atoms with Crippen molar-refractivity contribution in [3.8, 4) is 0 Å². The van der Waals surface area contributed by atoms with Crippen LogP contribution in [0.25, 0.3) is 6.08 Å². The van der Waals surface area contributed by atoms with E-state index in [1.807, 2.05) is 12.1 Å². The van der Waals surface area contributed by atoms with E-state index in [1.165, 1.54) is 7.11 Å². The first-order valence-electron chi connectivity index (χ1n) is 5.58. The lowest BCUT2D eigenvalue weighted by Crippen LogP contribution is -2.11. The van der Waals surface area contributed by atoms with Crippen LogP contribution in [0, 0.1) is 0 Å². The number of ether oxygens (including phenoxy) is 1. The molecule has 0 aliphatic carbocycles. The van der Waals surface area contributed by atoms with Crippen LogP contribution in [0.3, 0.4) is 0 Å². The first kappa shape index (κ1) is 13.4. The summed E-state index contributed by atoms with van der Waals surface area (Å²) >= 11 is 6.03. The molecule has 0 aromatic heterocycles. The van der Waals surface area contributed by atoms with E-state index in [0.717, 1.165) is 0 Å². The molecule has 0 bridgehead atoms. The van der Waals surface area contributed by atoms with Crippen LogP contribution in [0.15, 0.2) is 46.3 Å². The Hall–Kier alpha value is -2.07. The van der Waals surface area contributed by atoms with E-state index in [9.17, 15) is 9.90 Å². The van der Waals surface area contributed by atoms with E-state index in [4.69, 9.17) is 11.6 Å². The van der Waals surface area contributed by atoms with Crippen molar-refractivity contribution in [2.24, 2.45) is 4.99 Å². The summed E-state index contributed by atoms with van der Waals surface area (Å²) < 4.78 is 4.61. The van der Waals surface area contributed by atoms with Crippen LogP contribution in [0.1, 0.15) is 12.5 Å². The summed E-state index contributed by atoms with van der Waals surface area (Å²) in [6.07, 6.45) is 1.62. The van der Waals surface area contributed by atoms with Crippen LogP contribution in [0.4, 0.5) is 0 Å². The molecule has 98 valence electrons. The number of nitrogens with zero attached hydrogens (tertiary/aromatic N) is 1. The fraction of sp³-hybridized carbons (Fsp3) is 0.143. The maximum Gasteiger partial charge on any atom is 0.343 e. The van der Waals surface area contributed by atoms with Crippen LogP contribution >= 0.6 is 11.6 Å². The molecule has 0 amide bonds. The van der Waals surface area contributed by atoms with Gasteiger partial charge in [0.05, 0.1) is 12.8 Å². The van der Waals surface area contributed by atoms with Crippen LogP contribution < -0.4 is 0 Å². The van der Waals surface area contributed by atoms with Gasteiger partial charge in [-0.25, -0.2) is 9.79 Å². The lowest BCUT2D eigenvalue weighted by molar-refractivity contribution is -0.135. The molecule has 4 nitrogen and oxygen atoms in total. The molecule has 1 aromatic rings. The van der Waals surface area contributed by atoms with Gasteiger partial charge in [0, 0.05) is 5.02 Å². The average molecular weight is 278 g/mol. The van der Waals surface area contributed by atoms with Crippen molar-refractivity contribution in [3.05, 3.63) is 51.9 Å². The van der Waals surface area contributed by atoms with Crippen molar-refractivity contribution >= 4 is 29.4 Å². The minimum absolute atomic E-state index is 0.0841. The highest BCUT2D eigenvalue weighted by molar-refractivity contribution is 6.32. The Labute approximate surface area is 115 Å². The second-order valence-electron chi connectivity index (χ2n) is 3.96. The molecular formula is C14H12ClNO3. The zero-order chi connectivity index (χ0) is 14.0. The Kier molecular flexibility index (Phi) is 3.71. The summed E-state index contributed by atoms with van der Waals surface area (Å²) in [5.41, 5.74) is 1.52. The lowest BCUT2D eigenvalue weighted by Gasteiger charge is -2.01. The van der Waals surface area contributed by atoms with Crippen molar-refractivity contribution in [1.29, 1.82) is 0 Å². The largest absolute Gasteiger partial charge is 0.505 e. The smallest absolute Gasteiger partial charge is 0.343 e. The van der Waals surface area contributed by atoms with Crippen LogP contribution in [-0.4, -0.2) is 23.9 Å². The van der Waals surface area contributed by atoms with Crippen molar-refractivity contribution in [3.63, 3.8) is 0 Å². The second kappa shape index (κ2) is 5.28. The molecule has 0 saturated carbocycles. The number of benzene rings is 1. The Balaban J connectivity index is 2.47. The third kappa shape index (κ3) is 2.53. The molecular weight excluding hydrogens is 266 g/mol.